The van der Waals surface area contributed by atoms with Crippen molar-refractivity contribution in [1.29, 1.82) is 0 Å². The summed E-state index contributed by atoms with van der Waals surface area (Å²) in [5.74, 6) is 0.291. The van der Waals surface area contributed by atoms with E-state index in [0.29, 0.717) is 12.5 Å². The Hall–Kier alpha value is -2.58. The molecule has 6 rings (SSSR count). The first-order chi connectivity index (χ1) is 15.2. The smallest absolute Gasteiger partial charge is 0.230 e. The molecular formula is C23H25N5O2S. The second-order valence-electron chi connectivity index (χ2n) is 8.91. The first-order valence-electron chi connectivity index (χ1n) is 11.0. The molecule has 3 aromatic heterocycles. The largest absolute Gasteiger partial charge is 0.370 e. The Morgan fingerprint density at radius 2 is 2.03 bits per heavy atom. The molecule has 1 saturated heterocycles. The summed E-state index contributed by atoms with van der Waals surface area (Å²) in [4.78, 5) is 26.6. The van der Waals surface area contributed by atoms with Gasteiger partial charge in [-0.2, -0.15) is 5.10 Å². The summed E-state index contributed by atoms with van der Waals surface area (Å²) in [6.45, 7) is 2.92. The Morgan fingerprint density at radius 1 is 1.16 bits per heavy atom. The number of hydrogen-bond donors (Lipinski definition) is 0. The number of rotatable bonds is 4. The lowest BCUT2D eigenvalue weighted by Gasteiger charge is -2.44. The lowest BCUT2D eigenvalue weighted by atomic mass is 9.82. The van der Waals surface area contributed by atoms with Crippen LogP contribution in [0.1, 0.15) is 36.1 Å². The van der Waals surface area contributed by atoms with Gasteiger partial charge in [0.1, 0.15) is 0 Å². The molecule has 1 aliphatic carbocycles. The third-order valence-corrected chi connectivity index (χ3v) is 8.23. The number of carbonyl (C=O) groups excluding carboxylic acids is 1. The Kier molecular flexibility index (Phi) is 4.47. The predicted octanol–water partition coefficient (Wildman–Crippen LogP) is 3.27. The van der Waals surface area contributed by atoms with Crippen LogP contribution in [0.3, 0.4) is 0 Å². The fourth-order valence-electron chi connectivity index (χ4n) is 5.08. The van der Waals surface area contributed by atoms with Crippen LogP contribution in [-0.4, -0.2) is 50.3 Å². The molecular weight excluding hydrogens is 410 g/mol. The lowest BCUT2D eigenvalue weighted by Crippen LogP contribution is -2.50. The van der Waals surface area contributed by atoms with Gasteiger partial charge in [-0.25, -0.2) is 0 Å². The second-order valence-corrected chi connectivity index (χ2v) is 10.0. The maximum atomic E-state index is 13.3. The third kappa shape index (κ3) is 3.29. The molecule has 0 bridgehead atoms. The van der Waals surface area contributed by atoms with Gasteiger partial charge < -0.3 is 9.64 Å². The molecule has 0 aromatic carbocycles. The van der Waals surface area contributed by atoms with E-state index in [-0.39, 0.29) is 11.0 Å². The number of nitrogens with zero attached hydrogens (tertiary/aromatic N) is 5. The van der Waals surface area contributed by atoms with Crippen LogP contribution in [-0.2, 0) is 28.1 Å². The molecule has 1 spiro atoms. The normalized spacial score (nSPS) is 21.1. The number of thiophene rings is 1. The van der Waals surface area contributed by atoms with Gasteiger partial charge in [-0.05, 0) is 43.4 Å². The van der Waals surface area contributed by atoms with E-state index < -0.39 is 0 Å². The van der Waals surface area contributed by atoms with E-state index in [1.54, 1.807) is 29.9 Å². The molecule has 0 unspecified atom stereocenters. The molecule has 2 aliphatic heterocycles. The van der Waals surface area contributed by atoms with Crippen LogP contribution in [0.25, 0.3) is 10.6 Å². The van der Waals surface area contributed by atoms with Gasteiger partial charge in [0.05, 0.1) is 40.9 Å². The van der Waals surface area contributed by atoms with Crippen molar-refractivity contribution < 1.29 is 9.53 Å². The van der Waals surface area contributed by atoms with E-state index in [0.717, 1.165) is 62.4 Å². The van der Waals surface area contributed by atoms with Gasteiger partial charge in [0, 0.05) is 49.2 Å². The number of hydrogen-bond acceptors (Lipinski definition) is 6. The Bertz CT molecular complexity index is 1080. The maximum absolute atomic E-state index is 13.3. The molecule has 0 atom stereocenters. The van der Waals surface area contributed by atoms with Crippen molar-refractivity contribution in [3.05, 3.63) is 53.6 Å². The highest BCUT2D eigenvalue weighted by Gasteiger charge is 2.53. The van der Waals surface area contributed by atoms with E-state index in [1.807, 2.05) is 23.1 Å². The zero-order valence-electron chi connectivity index (χ0n) is 17.4. The number of aromatic nitrogens is 4. The predicted molar refractivity (Wildman–Crippen MR) is 116 cm³/mol. The Labute approximate surface area is 185 Å². The van der Waals surface area contributed by atoms with Crippen LogP contribution in [0.2, 0.25) is 0 Å². The van der Waals surface area contributed by atoms with Gasteiger partial charge >= 0.3 is 0 Å². The monoisotopic (exact) mass is 435 g/mol. The minimum atomic E-state index is -0.278. The summed E-state index contributed by atoms with van der Waals surface area (Å²) in [5.41, 5.74) is 1.68. The summed E-state index contributed by atoms with van der Waals surface area (Å²) >= 11 is 1.81. The molecule has 31 heavy (non-hydrogen) atoms. The number of amides is 1. The van der Waals surface area contributed by atoms with Crippen LogP contribution >= 0.6 is 11.3 Å². The highest BCUT2D eigenvalue weighted by Crippen LogP contribution is 2.51. The summed E-state index contributed by atoms with van der Waals surface area (Å²) in [7, 11) is 0. The molecule has 7 nitrogen and oxygen atoms in total. The molecule has 8 heteroatoms. The summed E-state index contributed by atoms with van der Waals surface area (Å²) in [6, 6.07) is 4.17. The van der Waals surface area contributed by atoms with Crippen molar-refractivity contribution in [2.24, 2.45) is 5.41 Å². The van der Waals surface area contributed by atoms with Gasteiger partial charge in [0.25, 0.3) is 0 Å². The molecule has 1 saturated carbocycles. The zero-order chi connectivity index (χ0) is 20.9. The van der Waals surface area contributed by atoms with Gasteiger partial charge in [-0.15, -0.1) is 11.3 Å². The van der Waals surface area contributed by atoms with Crippen molar-refractivity contribution in [1.82, 2.24) is 24.6 Å². The number of carbonyl (C=O) groups is 1. The van der Waals surface area contributed by atoms with Crippen LogP contribution in [0.4, 0.5) is 0 Å². The van der Waals surface area contributed by atoms with Crippen LogP contribution in [0, 0.1) is 5.41 Å². The zero-order valence-corrected chi connectivity index (χ0v) is 18.2. The number of ether oxygens (including phenoxy) is 1. The number of likely N-dealkylation sites (tertiary alicyclic amines) is 1. The minimum absolute atomic E-state index is 0.253. The second kappa shape index (κ2) is 7.24. The number of fused-ring (bicyclic) bond motifs is 2. The van der Waals surface area contributed by atoms with Gasteiger partial charge in [0.2, 0.25) is 5.91 Å². The van der Waals surface area contributed by atoms with Crippen molar-refractivity contribution in [2.45, 2.75) is 44.2 Å². The van der Waals surface area contributed by atoms with Crippen LogP contribution in [0.15, 0.2) is 43.1 Å². The molecule has 0 N–H and O–H groups in total. The van der Waals surface area contributed by atoms with Crippen molar-refractivity contribution in [3.8, 4) is 10.6 Å². The Balaban J connectivity index is 1.20. The standard InChI is InChI=1S/C23H25N5O2S/c29-21(22(3-4-22)16-28-10-1-7-26-28)27-11-5-23(6-12-27)17-14-20(18-15-24-8-9-25-18)31-19(17)2-13-30-23/h1,7-10,14-15H,2-6,11-13,16H2. The summed E-state index contributed by atoms with van der Waals surface area (Å²) < 4.78 is 8.31. The first kappa shape index (κ1) is 19.1. The van der Waals surface area contributed by atoms with Crippen molar-refractivity contribution >= 4 is 17.2 Å². The van der Waals surface area contributed by atoms with Crippen molar-refractivity contribution in [3.63, 3.8) is 0 Å². The minimum Gasteiger partial charge on any atom is -0.370 e. The molecule has 3 aromatic rings. The average molecular weight is 436 g/mol. The third-order valence-electron chi connectivity index (χ3n) is 7.01. The van der Waals surface area contributed by atoms with E-state index in [4.69, 9.17) is 4.74 Å². The van der Waals surface area contributed by atoms with E-state index in [1.165, 1.54) is 10.4 Å². The van der Waals surface area contributed by atoms with Crippen molar-refractivity contribution in [2.75, 3.05) is 19.7 Å². The van der Waals surface area contributed by atoms with Gasteiger partial charge in [0.15, 0.2) is 0 Å². The Morgan fingerprint density at radius 3 is 2.74 bits per heavy atom. The number of piperidine rings is 1. The molecule has 1 amide bonds. The van der Waals surface area contributed by atoms with E-state index >= 15 is 0 Å². The molecule has 160 valence electrons. The molecule has 0 radical (unpaired) electrons. The fourth-order valence-corrected chi connectivity index (χ4v) is 6.28. The summed E-state index contributed by atoms with van der Waals surface area (Å²) in [6.07, 6.45) is 13.5. The average Bonchev–Trinajstić information content (AvgIpc) is 3.19. The first-order valence-corrected chi connectivity index (χ1v) is 11.8. The topological polar surface area (TPSA) is 73.1 Å². The highest BCUT2D eigenvalue weighted by molar-refractivity contribution is 7.15. The van der Waals surface area contributed by atoms with E-state index in [9.17, 15) is 4.79 Å². The molecule has 5 heterocycles. The van der Waals surface area contributed by atoms with Gasteiger partial charge in [-0.3, -0.25) is 19.4 Å². The maximum Gasteiger partial charge on any atom is 0.230 e. The van der Waals surface area contributed by atoms with E-state index in [2.05, 4.69) is 26.0 Å². The lowest BCUT2D eigenvalue weighted by molar-refractivity contribution is -0.146. The van der Waals surface area contributed by atoms with Crippen LogP contribution in [0.5, 0.6) is 0 Å². The highest BCUT2D eigenvalue weighted by atomic mass is 32.1. The molecule has 3 aliphatic rings. The molecule has 2 fully saturated rings. The summed E-state index contributed by atoms with van der Waals surface area (Å²) in [5, 5.41) is 4.31. The SMILES string of the molecule is O=C(N1CCC2(CC1)OCCc1sc(-c3cnccn3)cc12)C1(Cn2cccn2)CC1. The van der Waals surface area contributed by atoms with Crippen LogP contribution < -0.4 is 0 Å². The van der Waals surface area contributed by atoms with Gasteiger partial charge in [-0.1, -0.05) is 0 Å². The quantitative estimate of drug-likeness (QED) is 0.629. The fraction of sp³-hybridized carbons (Fsp3) is 0.478.